The van der Waals surface area contributed by atoms with Crippen molar-refractivity contribution in [1.29, 1.82) is 0 Å². The smallest absolute Gasteiger partial charge is 0.334 e. The van der Waals surface area contributed by atoms with Gasteiger partial charge in [-0.05, 0) is 93.7 Å². The largest absolute Gasteiger partial charge is 0.342 e. The highest BCUT2D eigenvalue weighted by atomic mass is 35.5. The van der Waals surface area contributed by atoms with Crippen LogP contribution in [0.4, 0.5) is 0 Å². The average molecular weight is 545 g/mol. The second kappa shape index (κ2) is 10.9. The maximum atomic E-state index is 13.7. The number of rotatable bonds is 5. The molecule has 6 rings (SSSR count). The van der Waals surface area contributed by atoms with Gasteiger partial charge in [-0.15, -0.1) is 0 Å². The Bertz CT molecular complexity index is 1530. The number of hydrogen-bond acceptors (Lipinski definition) is 5. The fourth-order valence-electron chi connectivity index (χ4n) is 6.18. The second-order valence-electron chi connectivity index (χ2n) is 10.7. The number of amides is 1. The van der Waals surface area contributed by atoms with E-state index in [1.807, 2.05) is 52.9 Å². The molecule has 9 heteroatoms. The molecular weight excluding hydrogens is 512 g/mol. The molecule has 2 aliphatic heterocycles. The molecule has 0 saturated carbocycles. The van der Waals surface area contributed by atoms with E-state index in [0.717, 1.165) is 62.0 Å². The molecule has 0 bridgehead atoms. The van der Waals surface area contributed by atoms with Gasteiger partial charge in [0.05, 0.1) is 22.9 Å². The van der Waals surface area contributed by atoms with Gasteiger partial charge in [0, 0.05) is 54.7 Å². The van der Waals surface area contributed by atoms with Crippen molar-refractivity contribution in [2.75, 3.05) is 26.2 Å². The zero-order valence-electron chi connectivity index (χ0n) is 22.2. The van der Waals surface area contributed by atoms with Gasteiger partial charge in [-0.1, -0.05) is 11.6 Å². The minimum atomic E-state index is -0.0955. The summed E-state index contributed by atoms with van der Waals surface area (Å²) in [6, 6.07) is 13.5. The summed E-state index contributed by atoms with van der Waals surface area (Å²) in [5.74, 6) is 0.346. The summed E-state index contributed by atoms with van der Waals surface area (Å²) in [5, 5.41) is 0.583. The number of hydrogen-bond donors (Lipinski definition) is 0. The number of imidazole rings is 1. The van der Waals surface area contributed by atoms with Gasteiger partial charge in [0.2, 0.25) is 5.91 Å². The van der Waals surface area contributed by atoms with Crippen LogP contribution < -0.4 is 5.69 Å². The standard InChI is InChI=1S/C30H33ClN6O2/c1-21-17-22(6-12-33-21)20-34-13-7-23(8-14-34)29(38)35-15-9-25(10-16-35)36-27-5-4-24(31)18-28(27)37(30(36)39)26-3-2-11-32-19-26/h2-6,11-12,17-19,23,25H,7-10,13-16,20H2,1H3. The van der Waals surface area contributed by atoms with Crippen LogP contribution in [0.3, 0.4) is 0 Å². The molecule has 0 atom stereocenters. The number of aryl methyl sites for hydroxylation is 1. The lowest BCUT2D eigenvalue weighted by molar-refractivity contribution is -0.138. The third-order valence-electron chi connectivity index (χ3n) is 8.18. The number of nitrogens with zero attached hydrogens (tertiary/aromatic N) is 6. The molecule has 2 aliphatic rings. The molecule has 4 aromatic rings. The Hall–Kier alpha value is -3.49. The van der Waals surface area contributed by atoms with Gasteiger partial charge in [0.25, 0.3) is 0 Å². The van der Waals surface area contributed by atoms with Crippen molar-refractivity contribution < 1.29 is 4.79 Å². The van der Waals surface area contributed by atoms with Gasteiger partial charge in [-0.25, -0.2) is 4.79 Å². The summed E-state index contributed by atoms with van der Waals surface area (Å²) < 4.78 is 3.58. The van der Waals surface area contributed by atoms with Crippen molar-refractivity contribution in [3.05, 3.63) is 87.8 Å². The first kappa shape index (κ1) is 25.8. The predicted molar refractivity (Wildman–Crippen MR) is 152 cm³/mol. The highest BCUT2D eigenvalue weighted by Gasteiger charge is 2.32. The molecular formula is C30H33ClN6O2. The normalized spacial score (nSPS) is 17.6. The second-order valence-corrected chi connectivity index (χ2v) is 11.2. The van der Waals surface area contributed by atoms with E-state index in [9.17, 15) is 9.59 Å². The zero-order valence-corrected chi connectivity index (χ0v) is 22.9. The molecule has 3 aromatic heterocycles. The number of benzene rings is 1. The molecule has 39 heavy (non-hydrogen) atoms. The Morgan fingerprint density at radius 2 is 1.77 bits per heavy atom. The summed E-state index contributed by atoms with van der Waals surface area (Å²) >= 11 is 6.32. The maximum Gasteiger partial charge on any atom is 0.334 e. The van der Waals surface area contributed by atoms with Crippen LogP contribution in [0, 0.1) is 12.8 Å². The topological polar surface area (TPSA) is 76.3 Å². The Balaban J connectivity index is 1.12. The summed E-state index contributed by atoms with van der Waals surface area (Å²) in [6.45, 7) is 6.12. The number of carbonyl (C=O) groups is 1. The number of halogens is 1. The van der Waals surface area contributed by atoms with E-state index in [0.29, 0.717) is 23.8 Å². The minimum Gasteiger partial charge on any atom is -0.342 e. The summed E-state index contributed by atoms with van der Waals surface area (Å²) in [7, 11) is 0. The van der Waals surface area contributed by atoms with E-state index >= 15 is 0 Å². The Kier molecular flexibility index (Phi) is 7.23. The van der Waals surface area contributed by atoms with Gasteiger partial charge in [0.15, 0.2) is 0 Å². The molecule has 1 amide bonds. The molecule has 0 radical (unpaired) electrons. The highest BCUT2D eigenvalue weighted by molar-refractivity contribution is 6.31. The third-order valence-corrected chi connectivity index (χ3v) is 8.42. The van der Waals surface area contributed by atoms with Crippen LogP contribution in [0.15, 0.2) is 65.8 Å². The van der Waals surface area contributed by atoms with E-state index < -0.39 is 0 Å². The number of piperidine rings is 2. The molecule has 8 nitrogen and oxygen atoms in total. The molecule has 0 spiro atoms. The lowest BCUT2D eigenvalue weighted by atomic mass is 9.93. The quantitative estimate of drug-likeness (QED) is 0.366. The summed E-state index contributed by atoms with van der Waals surface area (Å²) in [6.07, 6.45) is 8.53. The van der Waals surface area contributed by atoms with Gasteiger partial charge in [-0.3, -0.25) is 28.8 Å². The van der Waals surface area contributed by atoms with E-state index in [1.54, 1.807) is 17.0 Å². The zero-order chi connectivity index (χ0) is 26.9. The van der Waals surface area contributed by atoms with Crippen molar-refractivity contribution in [1.82, 2.24) is 28.9 Å². The predicted octanol–water partition coefficient (Wildman–Crippen LogP) is 4.62. The van der Waals surface area contributed by atoms with E-state index in [2.05, 4.69) is 27.0 Å². The molecule has 2 fully saturated rings. The maximum absolute atomic E-state index is 13.7. The summed E-state index contributed by atoms with van der Waals surface area (Å²) in [5.41, 5.74) is 4.56. The molecule has 0 N–H and O–H groups in total. The van der Waals surface area contributed by atoms with Crippen molar-refractivity contribution in [3.63, 3.8) is 0 Å². The van der Waals surface area contributed by atoms with Crippen molar-refractivity contribution in [2.24, 2.45) is 5.92 Å². The Morgan fingerprint density at radius 3 is 2.49 bits per heavy atom. The molecule has 1 aromatic carbocycles. The molecule has 202 valence electrons. The molecule has 0 aliphatic carbocycles. The van der Waals surface area contributed by atoms with Crippen LogP contribution in [-0.4, -0.2) is 61.0 Å². The first-order valence-electron chi connectivity index (χ1n) is 13.7. The number of pyridine rings is 2. The third kappa shape index (κ3) is 5.23. The number of carbonyl (C=O) groups excluding carboxylic acids is 1. The van der Waals surface area contributed by atoms with E-state index in [4.69, 9.17) is 11.6 Å². The lowest BCUT2D eigenvalue weighted by Gasteiger charge is -2.37. The van der Waals surface area contributed by atoms with E-state index in [1.165, 1.54) is 5.56 Å². The van der Waals surface area contributed by atoms with Crippen molar-refractivity contribution in [2.45, 2.75) is 45.2 Å². The lowest BCUT2D eigenvalue weighted by Crippen LogP contribution is -2.46. The van der Waals surface area contributed by atoms with Gasteiger partial charge in [-0.2, -0.15) is 0 Å². The highest BCUT2D eigenvalue weighted by Crippen LogP contribution is 2.30. The van der Waals surface area contributed by atoms with E-state index in [-0.39, 0.29) is 23.6 Å². The SMILES string of the molecule is Cc1cc(CN2CCC(C(=O)N3CCC(n4c(=O)n(-c5cccnc5)c5cc(Cl)ccc54)CC3)CC2)ccn1. The Labute approximate surface area is 232 Å². The van der Waals surface area contributed by atoms with Gasteiger partial charge < -0.3 is 4.90 Å². The van der Waals surface area contributed by atoms with Crippen molar-refractivity contribution in [3.8, 4) is 5.69 Å². The van der Waals surface area contributed by atoms with Crippen LogP contribution in [0.1, 0.15) is 43.0 Å². The van der Waals surface area contributed by atoms with Crippen molar-refractivity contribution >= 4 is 28.5 Å². The van der Waals surface area contributed by atoms with Crippen LogP contribution in [0.2, 0.25) is 5.02 Å². The van der Waals surface area contributed by atoms with Crippen LogP contribution in [0.5, 0.6) is 0 Å². The first-order chi connectivity index (χ1) is 19.0. The average Bonchev–Trinajstić information content (AvgIpc) is 3.24. The fraction of sp³-hybridized carbons (Fsp3) is 0.400. The van der Waals surface area contributed by atoms with Gasteiger partial charge >= 0.3 is 5.69 Å². The molecule has 5 heterocycles. The number of aromatic nitrogens is 4. The minimum absolute atomic E-state index is 0.0220. The monoisotopic (exact) mass is 544 g/mol. The molecule has 2 saturated heterocycles. The van der Waals surface area contributed by atoms with Crippen LogP contribution in [-0.2, 0) is 11.3 Å². The first-order valence-corrected chi connectivity index (χ1v) is 14.1. The fourth-order valence-corrected chi connectivity index (χ4v) is 6.35. The van der Waals surface area contributed by atoms with Gasteiger partial charge in [0.1, 0.15) is 0 Å². The Morgan fingerprint density at radius 1 is 0.974 bits per heavy atom. The van der Waals surface area contributed by atoms with Crippen LogP contribution in [0.25, 0.3) is 16.7 Å². The summed E-state index contributed by atoms with van der Waals surface area (Å²) in [4.78, 5) is 40.1. The number of likely N-dealkylation sites (tertiary alicyclic amines) is 2. The number of fused-ring (bicyclic) bond motifs is 1. The molecule has 0 unspecified atom stereocenters. The van der Waals surface area contributed by atoms with Crippen LogP contribution >= 0.6 is 11.6 Å².